The molecule has 0 aliphatic carbocycles. The number of rotatable bonds is 2. The first-order valence-corrected chi connectivity index (χ1v) is 8.66. The molecule has 0 saturated heterocycles. The number of hydrogen-bond donors (Lipinski definition) is 1. The van der Waals surface area contributed by atoms with Gasteiger partial charge in [0.25, 0.3) is 0 Å². The molecule has 124 valence electrons. The number of nitrogen functional groups attached to an aromatic ring is 1. The molecular weight excluding hydrogens is 318 g/mol. The molecule has 0 amide bonds. The second kappa shape index (κ2) is 5.78. The van der Waals surface area contributed by atoms with Crippen LogP contribution < -0.4 is 5.73 Å². The summed E-state index contributed by atoms with van der Waals surface area (Å²) in [5, 5.41) is 2.30. The van der Waals surface area contributed by atoms with Crippen molar-refractivity contribution in [2.75, 3.05) is 5.73 Å². The fourth-order valence-corrected chi connectivity index (χ4v) is 3.50. The second-order valence-electron chi connectivity index (χ2n) is 6.52. The molecule has 26 heavy (non-hydrogen) atoms. The number of hydrogen-bond acceptors (Lipinski definition) is 2. The zero-order valence-corrected chi connectivity index (χ0v) is 14.1. The number of nitrogens with two attached hydrogens (primary N) is 1. The van der Waals surface area contributed by atoms with Gasteiger partial charge in [0.05, 0.1) is 0 Å². The first kappa shape index (κ1) is 14.8. The minimum atomic E-state index is 0.775. The molecule has 2 N–H and O–H groups in total. The zero-order chi connectivity index (χ0) is 17.5. The molecule has 0 atom stereocenters. The average Bonchev–Trinajstić information content (AvgIpc) is 3.06. The van der Waals surface area contributed by atoms with Crippen molar-refractivity contribution < 1.29 is 4.42 Å². The zero-order valence-electron chi connectivity index (χ0n) is 14.1. The van der Waals surface area contributed by atoms with Crippen molar-refractivity contribution in [2.24, 2.45) is 0 Å². The van der Waals surface area contributed by atoms with Gasteiger partial charge in [-0.25, -0.2) is 0 Å². The van der Waals surface area contributed by atoms with Crippen LogP contribution in [0.4, 0.5) is 5.69 Å². The van der Waals surface area contributed by atoms with E-state index in [1.165, 1.54) is 0 Å². The summed E-state index contributed by atoms with van der Waals surface area (Å²) in [5.74, 6) is 0. The normalized spacial score (nSPS) is 11.2. The van der Waals surface area contributed by atoms with E-state index in [0.717, 1.165) is 49.9 Å². The average molecular weight is 335 g/mol. The van der Waals surface area contributed by atoms with Crippen LogP contribution >= 0.6 is 0 Å². The van der Waals surface area contributed by atoms with Crippen LogP contribution in [0.1, 0.15) is 0 Å². The number of benzene rings is 4. The molecule has 0 spiro atoms. The van der Waals surface area contributed by atoms with Crippen molar-refractivity contribution in [2.45, 2.75) is 0 Å². The maximum atomic E-state index is 6.03. The van der Waals surface area contributed by atoms with Crippen LogP contribution in [0, 0.1) is 0 Å². The third-order valence-electron chi connectivity index (χ3n) is 4.79. The molecule has 5 rings (SSSR count). The molecule has 0 aliphatic rings. The van der Waals surface area contributed by atoms with Crippen molar-refractivity contribution >= 4 is 27.6 Å². The topological polar surface area (TPSA) is 39.2 Å². The summed E-state index contributed by atoms with van der Waals surface area (Å²) in [7, 11) is 0. The predicted octanol–water partition coefficient (Wildman–Crippen LogP) is 6.50. The Kier molecular flexibility index (Phi) is 3.29. The van der Waals surface area contributed by atoms with Gasteiger partial charge in [0, 0.05) is 16.5 Å². The van der Waals surface area contributed by atoms with Crippen molar-refractivity contribution in [1.82, 2.24) is 0 Å². The summed E-state index contributed by atoms with van der Waals surface area (Å²) in [6.07, 6.45) is 0. The molecule has 1 heterocycles. The van der Waals surface area contributed by atoms with E-state index in [4.69, 9.17) is 10.2 Å². The van der Waals surface area contributed by atoms with Gasteiger partial charge in [-0.3, -0.25) is 0 Å². The molecule has 1 aromatic heterocycles. The highest BCUT2D eigenvalue weighted by Gasteiger charge is 2.08. The predicted molar refractivity (Wildman–Crippen MR) is 109 cm³/mol. The Morgan fingerprint density at radius 2 is 1.15 bits per heavy atom. The van der Waals surface area contributed by atoms with Crippen LogP contribution in [0.5, 0.6) is 0 Å². The maximum Gasteiger partial charge on any atom is 0.136 e. The van der Waals surface area contributed by atoms with Crippen molar-refractivity contribution in [3.05, 3.63) is 91.0 Å². The standard InChI is InChI=1S/C24H17NO/c25-20-8-4-7-18(14-20)16-5-3-6-17(13-16)19-11-12-22-21-9-1-2-10-23(21)26-24(22)15-19/h1-15H,25H2. The van der Waals surface area contributed by atoms with Crippen LogP contribution in [0.15, 0.2) is 95.4 Å². The third kappa shape index (κ3) is 2.44. The van der Waals surface area contributed by atoms with E-state index in [1.807, 2.05) is 36.4 Å². The fourth-order valence-electron chi connectivity index (χ4n) is 3.50. The van der Waals surface area contributed by atoms with Gasteiger partial charge in [0.2, 0.25) is 0 Å². The lowest BCUT2D eigenvalue weighted by molar-refractivity contribution is 0.669. The monoisotopic (exact) mass is 335 g/mol. The molecule has 2 nitrogen and oxygen atoms in total. The summed E-state index contributed by atoms with van der Waals surface area (Å²) < 4.78 is 6.03. The van der Waals surface area contributed by atoms with Gasteiger partial charge in [-0.1, -0.05) is 54.6 Å². The molecule has 0 aliphatic heterocycles. The van der Waals surface area contributed by atoms with E-state index in [-0.39, 0.29) is 0 Å². The Balaban J connectivity index is 1.63. The van der Waals surface area contributed by atoms with Gasteiger partial charge in [0.1, 0.15) is 11.2 Å². The lowest BCUT2D eigenvalue weighted by Gasteiger charge is -2.07. The van der Waals surface area contributed by atoms with E-state index in [1.54, 1.807) is 0 Å². The van der Waals surface area contributed by atoms with Crippen LogP contribution in [0.2, 0.25) is 0 Å². The quantitative estimate of drug-likeness (QED) is 0.374. The third-order valence-corrected chi connectivity index (χ3v) is 4.79. The van der Waals surface area contributed by atoms with Gasteiger partial charge in [0.15, 0.2) is 0 Å². The number of fused-ring (bicyclic) bond motifs is 3. The molecule has 2 heteroatoms. The molecule has 0 fully saturated rings. The van der Waals surface area contributed by atoms with E-state index in [0.29, 0.717) is 0 Å². The van der Waals surface area contributed by atoms with Gasteiger partial charge >= 0.3 is 0 Å². The van der Waals surface area contributed by atoms with Crippen molar-refractivity contribution in [3.63, 3.8) is 0 Å². The van der Waals surface area contributed by atoms with Crippen LogP contribution in [0.25, 0.3) is 44.2 Å². The Bertz CT molecular complexity index is 1250. The Hall–Kier alpha value is -3.52. The number of furan rings is 1. The van der Waals surface area contributed by atoms with E-state index < -0.39 is 0 Å². The highest BCUT2D eigenvalue weighted by Crippen LogP contribution is 2.33. The summed E-state index contributed by atoms with van der Waals surface area (Å²) in [4.78, 5) is 0. The van der Waals surface area contributed by atoms with Crippen LogP contribution in [-0.2, 0) is 0 Å². The lowest BCUT2D eigenvalue weighted by Crippen LogP contribution is -1.86. The second-order valence-corrected chi connectivity index (χ2v) is 6.52. The first-order valence-electron chi connectivity index (χ1n) is 8.66. The Morgan fingerprint density at radius 3 is 1.96 bits per heavy atom. The van der Waals surface area contributed by atoms with Gasteiger partial charge in [-0.15, -0.1) is 0 Å². The van der Waals surface area contributed by atoms with E-state index in [9.17, 15) is 0 Å². The summed E-state index contributed by atoms with van der Waals surface area (Å²) in [5.41, 5.74) is 13.1. The highest BCUT2D eigenvalue weighted by molar-refractivity contribution is 6.05. The lowest BCUT2D eigenvalue weighted by atomic mass is 9.98. The fraction of sp³-hybridized carbons (Fsp3) is 0. The molecule has 0 bridgehead atoms. The summed E-state index contributed by atoms with van der Waals surface area (Å²) >= 11 is 0. The Labute approximate surface area is 151 Å². The van der Waals surface area contributed by atoms with Gasteiger partial charge in [-0.05, 0) is 58.7 Å². The number of para-hydroxylation sites is 1. The first-order chi connectivity index (χ1) is 12.8. The smallest absolute Gasteiger partial charge is 0.136 e. The molecule has 0 radical (unpaired) electrons. The minimum absolute atomic E-state index is 0.775. The van der Waals surface area contributed by atoms with E-state index in [2.05, 4.69) is 54.6 Å². The van der Waals surface area contributed by atoms with Crippen LogP contribution in [-0.4, -0.2) is 0 Å². The molecule has 4 aromatic carbocycles. The van der Waals surface area contributed by atoms with Gasteiger partial charge in [-0.2, -0.15) is 0 Å². The largest absolute Gasteiger partial charge is 0.456 e. The number of anilines is 1. The molecule has 5 aromatic rings. The van der Waals surface area contributed by atoms with Crippen LogP contribution in [0.3, 0.4) is 0 Å². The van der Waals surface area contributed by atoms with Crippen molar-refractivity contribution in [1.29, 1.82) is 0 Å². The Morgan fingerprint density at radius 1 is 0.500 bits per heavy atom. The summed E-state index contributed by atoms with van der Waals surface area (Å²) in [6.45, 7) is 0. The minimum Gasteiger partial charge on any atom is -0.456 e. The maximum absolute atomic E-state index is 6.03. The van der Waals surface area contributed by atoms with E-state index >= 15 is 0 Å². The molecular formula is C24H17NO. The summed E-state index contributed by atoms with van der Waals surface area (Å²) in [6, 6.07) is 31.0. The highest BCUT2D eigenvalue weighted by atomic mass is 16.3. The SMILES string of the molecule is Nc1cccc(-c2cccc(-c3ccc4c(c3)oc3ccccc34)c2)c1. The van der Waals surface area contributed by atoms with Crippen molar-refractivity contribution in [3.8, 4) is 22.3 Å². The molecule has 0 saturated carbocycles. The van der Waals surface area contributed by atoms with Gasteiger partial charge < -0.3 is 10.2 Å². The molecule has 0 unspecified atom stereocenters.